The lowest BCUT2D eigenvalue weighted by molar-refractivity contribution is -0.139. The summed E-state index contributed by atoms with van der Waals surface area (Å²) < 4.78 is 13.2. The Morgan fingerprint density at radius 1 is 1.25 bits per heavy atom. The zero-order valence-electron chi connectivity index (χ0n) is 16.3. The molecule has 0 radical (unpaired) electrons. The molecule has 9 heteroatoms. The molecule has 28 heavy (non-hydrogen) atoms. The average Bonchev–Trinajstić information content (AvgIpc) is 3.05. The van der Waals surface area contributed by atoms with E-state index in [1.54, 1.807) is 24.1 Å². The van der Waals surface area contributed by atoms with Crippen molar-refractivity contribution < 1.29 is 14.0 Å². The number of nitrogens with zero attached hydrogens (tertiary/aromatic N) is 5. The van der Waals surface area contributed by atoms with E-state index in [9.17, 15) is 14.0 Å². The van der Waals surface area contributed by atoms with Crippen LogP contribution in [0.3, 0.4) is 0 Å². The molecule has 0 aromatic heterocycles. The third-order valence-corrected chi connectivity index (χ3v) is 5.46. The van der Waals surface area contributed by atoms with Gasteiger partial charge in [0.25, 0.3) is 5.91 Å². The first-order chi connectivity index (χ1) is 13.4. The molecule has 150 valence electrons. The molecule has 3 aliphatic heterocycles. The van der Waals surface area contributed by atoms with Crippen LogP contribution in [0.25, 0.3) is 0 Å². The van der Waals surface area contributed by atoms with Gasteiger partial charge in [-0.1, -0.05) is 19.1 Å². The van der Waals surface area contributed by atoms with Crippen molar-refractivity contribution in [2.45, 2.75) is 45.3 Å². The lowest BCUT2D eigenvalue weighted by Gasteiger charge is -2.42. The molecule has 0 aliphatic carbocycles. The Morgan fingerprint density at radius 3 is 2.64 bits per heavy atom. The number of benzene rings is 1. The van der Waals surface area contributed by atoms with Crippen molar-refractivity contribution in [2.75, 3.05) is 20.1 Å². The van der Waals surface area contributed by atoms with E-state index in [0.717, 1.165) is 18.7 Å². The lowest BCUT2D eigenvalue weighted by atomic mass is 10.1. The van der Waals surface area contributed by atoms with Crippen molar-refractivity contribution >= 4 is 17.6 Å². The summed E-state index contributed by atoms with van der Waals surface area (Å²) in [5.74, 6) is -0.585. The van der Waals surface area contributed by atoms with E-state index in [1.165, 1.54) is 17.0 Å². The minimum Gasteiger partial charge on any atom is -0.310 e. The Hall–Kier alpha value is -2.52. The predicted octanol–water partition coefficient (Wildman–Crippen LogP) is 1.20. The molecule has 3 amide bonds. The van der Waals surface area contributed by atoms with Crippen molar-refractivity contribution in [3.63, 3.8) is 0 Å². The van der Waals surface area contributed by atoms with E-state index >= 15 is 0 Å². The number of halogens is 1. The van der Waals surface area contributed by atoms with Crippen LogP contribution in [0.2, 0.25) is 0 Å². The maximum atomic E-state index is 13.3. The summed E-state index contributed by atoms with van der Waals surface area (Å²) in [6.07, 6.45) is 0.302. The molecule has 3 heterocycles. The van der Waals surface area contributed by atoms with Crippen LogP contribution in [0.1, 0.15) is 25.8 Å². The molecule has 2 saturated heterocycles. The van der Waals surface area contributed by atoms with Gasteiger partial charge in [0.1, 0.15) is 18.0 Å². The topological polar surface area (TPSA) is 71.5 Å². The minimum absolute atomic E-state index is 0.121. The van der Waals surface area contributed by atoms with Gasteiger partial charge in [-0.2, -0.15) is 5.10 Å². The van der Waals surface area contributed by atoms with E-state index in [2.05, 4.69) is 22.2 Å². The number of imide groups is 1. The largest absolute Gasteiger partial charge is 0.328 e. The maximum Gasteiger partial charge on any atom is 0.328 e. The first kappa shape index (κ1) is 18.8. The summed E-state index contributed by atoms with van der Waals surface area (Å²) in [5.41, 5.74) is 1.64. The molecule has 3 atom stereocenters. The first-order valence-electron chi connectivity index (χ1n) is 9.56. The fourth-order valence-corrected chi connectivity index (χ4v) is 4.17. The third kappa shape index (κ3) is 3.04. The van der Waals surface area contributed by atoms with Gasteiger partial charge < -0.3 is 4.90 Å². The van der Waals surface area contributed by atoms with Crippen molar-refractivity contribution in [1.82, 2.24) is 25.0 Å². The van der Waals surface area contributed by atoms with Gasteiger partial charge in [0, 0.05) is 25.8 Å². The van der Waals surface area contributed by atoms with Crippen LogP contribution in [0.15, 0.2) is 29.4 Å². The number of fused-ring (bicyclic) bond motifs is 3. The van der Waals surface area contributed by atoms with E-state index in [1.807, 2.05) is 11.9 Å². The highest BCUT2D eigenvalue weighted by Crippen LogP contribution is 2.30. The predicted molar refractivity (Wildman–Crippen MR) is 101 cm³/mol. The first-order valence-corrected chi connectivity index (χ1v) is 9.56. The average molecular weight is 388 g/mol. The zero-order valence-corrected chi connectivity index (χ0v) is 16.3. The van der Waals surface area contributed by atoms with Gasteiger partial charge >= 0.3 is 6.03 Å². The van der Waals surface area contributed by atoms with Crippen LogP contribution in [-0.4, -0.2) is 76.0 Å². The Morgan fingerprint density at radius 2 is 1.96 bits per heavy atom. The number of hydrogen-bond donors (Lipinski definition) is 1. The van der Waals surface area contributed by atoms with E-state index in [4.69, 9.17) is 0 Å². The van der Waals surface area contributed by atoms with Crippen molar-refractivity contribution in [2.24, 2.45) is 5.10 Å². The van der Waals surface area contributed by atoms with E-state index < -0.39 is 12.2 Å². The SMILES string of the molecule is CCCN1N=C(C)CN2C3C(=O)N(Cc4ccc(F)cc4)C(=O)N(C)C3NC12. The molecule has 3 aliphatic rings. The molecule has 8 nitrogen and oxygen atoms in total. The van der Waals surface area contributed by atoms with Crippen LogP contribution in [0.5, 0.6) is 0 Å². The minimum atomic E-state index is -0.488. The van der Waals surface area contributed by atoms with Gasteiger partial charge in [-0.3, -0.25) is 20.0 Å². The van der Waals surface area contributed by atoms with Gasteiger partial charge in [-0.25, -0.2) is 14.1 Å². The number of amides is 3. The number of hydrogen-bond acceptors (Lipinski definition) is 6. The summed E-state index contributed by atoms with van der Waals surface area (Å²) in [6.45, 7) is 5.48. The van der Waals surface area contributed by atoms with Gasteiger partial charge in [-0.05, 0) is 31.0 Å². The fraction of sp³-hybridized carbons (Fsp3) is 0.526. The lowest BCUT2D eigenvalue weighted by Crippen LogP contribution is -2.66. The monoisotopic (exact) mass is 388 g/mol. The fourth-order valence-electron chi connectivity index (χ4n) is 4.17. The second-order valence-corrected chi connectivity index (χ2v) is 7.55. The highest BCUT2D eigenvalue weighted by atomic mass is 19.1. The summed E-state index contributed by atoms with van der Waals surface area (Å²) in [6, 6.07) is 5.01. The molecule has 0 saturated carbocycles. The van der Waals surface area contributed by atoms with Crippen LogP contribution in [0, 0.1) is 5.82 Å². The van der Waals surface area contributed by atoms with Crippen molar-refractivity contribution in [3.8, 4) is 0 Å². The molecule has 3 unspecified atom stereocenters. The van der Waals surface area contributed by atoms with Gasteiger partial charge in [0.15, 0.2) is 6.29 Å². The third-order valence-electron chi connectivity index (χ3n) is 5.46. The number of likely N-dealkylation sites (N-methyl/N-ethyl adjacent to an activating group) is 1. The molecule has 1 N–H and O–H groups in total. The van der Waals surface area contributed by atoms with Crippen molar-refractivity contribution in [1.29, 1.82) is 0 Å². The summed E-state index contributed by atoms with van der Waals surface area (Å²) in [5, 5.41) is 9.98. The molecular formula is C19H25FN6O2. The maximum absolute atomic E-state index is 13.3. The molecule has 2 fully saturated rings. The van der Waals surface area contributed by atoms with Crippen LogP contribution in [-0.2, 0) is 11.3 Å². The quantitative estimate of drug-likeness (QED) is 0.840. The van der Waals surface area contributed by atoms with E-state index in [-0.39, 0.29) is 30.6 Å². The Kier molecular flexibility index (Phi) is 4.80. The number of carbonyl (C=O) groups is 2. The highest BCUT2D eigenvalue weighted by Gasteiger charge is 2.56. The van der Waals surface area contributed by atoms with Crippen LogP contribution >= 0.6 is 0 Å². The molecule has 1 aromatic carbocycles. The van der Waals surface area contributed by atoms with Gasteiger partial charge in [0.2, 0.25) is 0 Å². The Labute approximate surface area is 163 Å². The summed E-state index contributed by atoms with van der Waals surface area (Å²) in [4.78, 5) is 31.1. The molecule has 1 aromatic rings. The number of carbonyl (C=O) groups excluding carboxylic acids is 2. The molecule has 4 rings (SSSR count). The van der Waals surface area contributed by atoms with Gasteiger partial charge in [-0.15, -0.1) is 0 Å². The second kappa shape index (κ2) is 7.14. The Balaban J connectivity index is 1.62. The normalized spacial score (nSPS) is 27.8. The van der Waals surface area contributed by atoms with Gasteiger partial charge in [0.05, 0.1) is 6.54 Å². The summed E-state index contributed by atoms with van der Waals surface area (Å²) >= 11 is 0. The number of urea groups is 1. The Bertz CT molecular complexity index is 813. The smallest absolute Gasteiger partial charge is 0.310 e. The van der Waals surface area contributed by atoms with Crippen molar-refractivity contribution in [3.05, 3.63) is 35.6 Å². The number of hydrazone groups is 1. The van der Waals surface area contributed by atoms with Crippen LogP contribution < -0.4 is 5.32 Å². The molecule has 0 spiro atoms. The molecular weight excluding hydrogens is 363 g/mol. The zero-order chi connectivity index (χ0) is 20.0. The highest BCUT2D eigenvalue weighted by molar-refractivity contribution is 6.01. The standard InChI is InChI=1S/C19H25FN6O2/c1-4-9-26-18-21-16-15(24(18)10-12(2)22-26)17(27)25(19(28)23(16)3)11-13-5-7-14(20)8-6-13/h5-8,15-16,18,21H,4,9-11H2,1-3H3. The number of nitrogens with one attached hydrogen (secondary N) is 1. The van der Waals surface area contributed by atoms with E-state index in [0.29, 0.717) is 12.1 Å². The molecule has 0 bridgehead atoms. The summed E-state index contributed by atoms with van der Waals surface area (Å²) in [7, 11) is 1.70. The second-order valence-electron chi connectivity index (χ2n) is 7.55. The van der Waals surface area contributed by atoms with Crippen LogP contribution in [0.4, 0.5) is 9.18 Å². The number of rotatable bonds is 4.